The Hall–Kier alpha value is -1.85. The van der Waals surface area contributed by atoms with Crippen LogP contribution >= 0.6 is 15.9 Å². The first kappa shape index (κ1) is 15.7. The van der Waals surface area contributed by atoms with Crippen LogP contribution in [0.25, 0.3) is 11.0 Å². The summed E-state index contributed by atoms with van der Waals surface area (Å²) < 4.78 is 3.38. The van der Waals surface area contributed by atoms with Gasteiger partial charge in [-0.2, -0.15) is 0 Å². The average molecular weight is 386 g/mol. The fourth-order valence-electron chi connectivity index (χ4n) is 3.30. The molecule has 0 spiro atoms. The third kappa shape index (κ3) is 3.06. The zero-order valence-electron chi connectivity index (χ0n) is 13.4. The van der Waals surface area contributed by atoms with E-state index in [0.717, 1.165) is 53.9 Å². The molecule has 0 radical (unpaired) electrons. The molecule has 3 aromatic rings. The van der Waals surface area contributed by atoms with Crippen LogP contribution in [0.1, 0.15) is 18.4 Å². The van der Waals surface area contributed by atoms with Gasteiger partial charge in [0, 0.05) is 17.6 Å². The first-order chi connectivity index (χ1) is 11.7. The SMILES string of the molecule is OC1CCN(c2nc3ccccc3n2Cc2ccc(Br)cc2)CC1. The number of aromatic nitrogens is 2. The van der Waals surface area contributed by atoms with Gasteiger partial charge in [-0.05, 0) is 42.7 Å². The fourth-order valence-corrected chi connectivity index (χ4v) is 3.56. The molecule has 5 heteroatoms. The number of para-hydroxylation sites is 2. The molecule has 1 saturated heterocycles. The molecule has 0 aliphatic carbocycles. The minimum Gasteiger partial charge on any atom is -0.393 e. The second kappa shape index (κ2) is 6.57. The molecular weight excluding hydrogens is 366 g/mol. The van der Waals surface area contributed by atoms with E-state index in [4.69, 9.17) is 4.98 Å². The molecule has 2 heterocycles. The molecule has 4 nitrogen and oxygen atoms in total. The highest BCUT2D eigenvalue weighted by Crippen LogP contribution is 2.26. The quantitative estimate of drug-likeness (QED) is 0.745. The number of benzene rings is 2. The Labute approximate surface area is 149 Å². The van der Waals surface area contributed by atoms with E-state index in [-0.39, 0.29) is 6.10 Å². The number of imidazole rings is 1. The smallest absolute Gasteiger partial charge is 0.206 e. The number of aliphatic hydroxyl groups is 1. The summed E-state index contributed by atoms with van der Waals surface area (Å²) in [6, 6.07) is 16.7. The molecule has 0 bridgehead atoms. The van der Waals surface area contributed by atoms with Crippen molar-refractivity contribution in [2.45, 2.75) is 25.5 Å². The first-order valence-corrected chi connectivity index (χ1v) is 9.13. The third-order valence-electron chi connectivity index (χ3n) is 4.64. The molecule has 0 amide bonds. The van der Waals surface area contributed by atoms with Crippen molar-refractivity contribution in [3.05, 3.63) is 58.6 Å². The van der Waals surface area contributed by atoms with Crippen LogP contribution in [0.3, 0.4) is 0 Å². The molecule has 2 aromatic carbocycles. The maximum Gasteiger partial charge on any atom is 0.206 e. The largest absolute Gasteiger partial charge is 0.393 e. The van der Waals surface area contributed by atoms with Crippen LogP contribution in [-0.2, 0) is 6.54 Å². The van der Waals surface area contributed by atoms with E-state index >= 15 is 0 Å². The summed E-state index contributed by atoms with van der Waals surface area (Å²) in [6.45, 7) is 2.50. The van der Waals surface area contributed by atoms with E-state index in [9.17, 15) is 5.11 Å². The average Bonchev–Trinajstić information content (AvgIpc) is 2.96. The third-order valence-corrected chi connectivity index (χ3v) is 5.16. The lowest BCUT2D eigenvalue weighted by Gasteiger charge is -2.30. The Kier molecular flexibility index (Phi) is 4.29. The van der Waals surface area contributed by atoms with Crippen LogP contribution in [0.2, 0.25) is 0 Å². The molecule has 124 valence electrons. The van der Waals surface area contributed by atoms with Gasteiger partial charge in [0.2, 0.25) is 5.95 Å². The van der Waals surface area contributed by atoms with Crippen molar-refractivity contribution in [3.8, 4) is 0 Å². The van der Waals surface area contributed by atoms with Gasteiger partial charge in [-0.3, -0.25) is 0 Å². The Balaban J connectivity index is 1.74. The predicted molar refractivity (Wildman–Crippen MR) is 100 cm³/mol. The van der Waals surface area contributed by atoms with Gasteiger partial charge in [0.25, 0.3) is 0 Å². The lowest BCUT2D eigenvalue weighted by Crippen LogP contribution is -2.37. The van der Waals surface area contributed by atoms with Gasteiger partial charge in [-0.1, -0.05) is 40.2 Å². The Morgan fingerprint density at radius 1 is 1.04 bits per heavy atom. The molecule has 1 aromatic heterocycles. The Bertz CT molecular complexity index is 835. The summed E-state index contributed by atoms with van der Waals surface area (Å²) in [5.74, 6) is 1.01. The summed E-state index contributed by atoms with van der Waals surface area (Å²) in [7, 11) is 0. The van der Waals surface area contributed by atoms with Crippen LogP contribution in [0.4, 0.5) is 5.95 Å². The van der Waals surface area contributed by atoms with Crippen LogP contribution in [0.5, 0.6) is 0 Å². The molecule has 0 atom stereocenters. The number of piperidine rings is 1. The molecule has 1 aliphatic heterocycles. The summed E-state index contributed by atoms with van der Waals surface area (Å²) in [5.41, 5.74) is 3.43. The standard InChI is InChI=1S/C19H20BrN3O/c20-15-7-5-14(6-8-15)13-23-18-4-2-1-3-17(18)21-19(23)22-11-9-16(24)10-12-22/h1-8,16,24H,9-13H2. The van der Waals surface area contributed by atoms with Crippen molar-refractivity contribution in [2.24, 2.45) is 0 Å². The van der Waals surface area contributed by atoms with Gasteiger partial charge in [0.1, 0.15) is 0 Å². The second-order valence-electron chi connectivity index (χ2n) is 6.33. The summed E-state index contributed by atoms with van der Waals surface area (Å²) in [5, 5.41) is 9.79. The van der Waals surface area contributed by atoms with E-state index in [2.05, 4.69) is 67.9 Å². The van der Waals surface area contributed by atoms with Crippen molar-refractivity contribution in [3.63, 3.8) is 0 Å². The summed E-state index contributed by atoms with van der Waals surface area (Å²) in [6.07, 6.45) is 1.44. The van der Waals surface area contributed by atoms with Gasteiger partial charge in [0.15, 0.2) is 0 Å². The predicted octanol–water partition coefficient (Wildman–Crippen LogP) is 3.81. The number of halogens is 1. The van der Waals surface area contributed by atoms with Crippen molar-refractivity contribution >= 4 is 32.9 Å². The van der Waals surface area contributed by atoms with Crippen molar-refractivity contribution in [2.75, 3.05) is 18.0 Å². The zero-order valence-corrected chi connectivity index (χ0v) is 15.0. The van der Waals surface area contributed by atoms with Crippen LogP contribution < -0.4 is 4.90 Å². The zero-order chi connectivity index (χ0) is 16.5. The number of rotatable bonds is 3. The van der Waals surface area contributed by atoms with E-state index in [1.807, 2.05) is 6.07 Å². The number of hydrogen-bond donors (Lipinski definition) is 1. The Morgan fingerprint density at radius 3 is 2.50 bits per heavy atom. The number of fused-ring (bicyclic) bond motifs is 1. The van der Waals surface area contributed by atoms with Crippen molar-refractivity contribution in [1.29, 1.82) is 0 Å². The molecule has 1 N–H and O–H groups in total. The van der Waals surface area contributed by atoms with Gasteiger partial charge in [-0.25, -0.2) is 4.98 Å². The highest BCUT2D eigenvalue weighted by molar-refractivity contribution is 9.10. The summed E-state index contributed by atoms with van der Waals surface area (Å²) >= 11 is 3.49. The van der Waals surface area contributed by atoms with Gasteiger partial charge in [0.05, 0.1) is 23.7 Å². The molecule has 1 fully saturated rings. The summed E-state index contributed by atoms with van der Waals surface area (Å²) in [4.78, 5) is 7.17. The number of aliphatic hydroxyl groups excluding tert-OH is 1. The van der Waals surface area contributed by atoms with Crippen molar-refractivity contribution in [1.82, 2.24) is 9.55 Å². The van der Waals surface area contributed by atoms with E-state index in [1.165, 1.54) is 5.56 Å². The number of hydrogen-bond acceptors (Lipinski definition) is 3. The topological polar surface area (TPSA) is 41.3 Å². The molecule has 1 aliphatic rings. The lowest BCUT2D eigenvalue weighted by atomic mass is 10.1. The van der Waals surface area contributed by atoms with E-state index in [1.54, 1.807) is 0 Å². The normalized spacial score (nSPS) is 16.0. The monoisotopic (exact) mass is 385 g/mol. The molecule has 0 unspecified atom stereocenters. The minimum absolute atomic E-state index is 0.175. The first-order valence-electron chi connectivity index (χ1n) is 8.33. The van der Waals surface area contributed by atoms with Gasteiger partial charge >= 0.3 is 0 Å². The second-order valence-corrected chi connectivity index (χ2v) is 7.25. The fraction of sp³-hybridized carbons (Fsp3) is 0.316. The van der Waals surface area contributed by atoms with Crippen LogP contribution in [-0.4, -0.2) is 33.9 Å². The minimum atomic E-state index is -0.175. The number of nitrogens with zero attached hydrogens (tertiary/aromatic N) is 3. The molecule has 4 rings (SSSR count). The van der Waals surface area contributed by atoms with Crippen LogP contribution in [0, 0.1) is 0 Å². The van der Waals surface area contributed by atoms with Gasteiger partial charge < -0.3 is 14.6 Å². The molecular formula is C19H20BrN3O. The van der Waals surface area contributed by atoms with E-state index in [0.29, 0.717) is 0 Å². The van der Waals surface area contributed by atoms with E-state index < -0.39 is 0 Å². The Morgan fingerprint density at radius 2 is 1.75 bits per heavy atom. The maximum atomic E-state index is 9.79. The van der Waals surface area contributed by atoms with Crippen molar-refractivity contribution < 1.29 is 5.11 Å². The lowest BCUT2D eigenvalue weighted by molar-refractivity contribution is 0.145. The highest BCUT2D eigenvalue weighted by Gasteiger charge is 2.22. The number of anilines is 1. The molecule has 0 saturated carbocycles. The van der Waals surface area contributed by atoms with Crippen LogP contribution in [0.15, 0.2) is 53.0 Å². The highest BCUT2D eigenvalue weighted by atomic mass is 79.9. The maximum absolute atomic E-state index is 9.79. The van der Waals surface area contributed by atoms with Gasteiger partial charge in [-0.15, -0.1) is 0 Å². The molecule has 24 heavy (non-hydrogen) atoms.